The Morgan fingerprint density at radius 2 is 2.16 bits per heavy atom. The second-order valence-corrected chi connectivity index (χ2v) is 4.48. The predicted octanol–water partition coefficient (Wildman–Crippen LogP) is 2.28. The Kier molecular flexibility index (Phi) is 4.93. The number of aromatic nitrogens is 4. The van der Waals surface area contributed by atoms with Crippen LogP contribution in [0.5, 0.6) is 5.88 Å². The first kappa shape index (κ1) is 14.0. The summed E-state index contributed by atoms with van der Waals surface area (Å²) in [5, 5.41) is 4.44. The van der Waals surface area contributed by atoms with Gasteiger partial charge in [-0.1, -0.05) is 24.9 Å². The molecule has 0 saturated carbocycles. The van der Waals surface area contributed by atoms with Crippen LogP contribution in [0.15, 0.2) is 6.33 Å². The van der Waals surface area contributed by atoms with Crippen LogP contribution in [-0.4, -0.2) is 39.4 Å². The maximum atomic E-state index is 6.03. The van der Waals surface area contributed by atoms with Crippen molar-refractivity contribution in [3.63, 3.8) is 0 Å². The molecule has 0 aliphatic heterocycles. The minimum atomic E-state index is 0.377. The summed E-state index contributed by atoms with van der Waals surface area (Å²) in [7, 11) is 0. The molecule has 0 amide bonds. The number of hydrogen-bond donors (Lipinski definition) is 0. The standard InChI is InChI=1S/C12H17ClN4O2/c1-3-4-5-18-6-7-19-11-9(2)10(13)16-12-14-8-15-17(11)12/h8H,3-7H2,1-2H3. The molecule has 19 heavy (non-hydrogen) atoms. The molecule has 2 aromatic heterocycles. The van der Waals surface area contributed by atoms with Crippen LogP contribution in [0.1, 0.15) is 25.3 Å². The summed E-state index contributed by atoms with van der Waals surface area (Å²) in [5.74, 6) is 0.990. The second-order valence-electron chi connectivity index (χ2n) is 4.12. The van der Waals surface area contributed by atoms with E-state index in [-0.39, 0.29) is 0 Å². The Bertz CT molecular complexity index is 544. The van der Waals surface area contributed by atoms with Crippen LogP contribution in [0, 0.1) is 6.92 Å². The molecule has 0 fully saturated rings. The fourth-order valence-corrected chi connectivity index (χ4v) is 1.75. The molecular weight excluding hydrogens is 268 g/mol. The fraction of sp³-hybridized carbons (Fsp3) is 0.583. The lowest BCUT2D eigenvalue weighted by molar-refractivity contribution is 0.0953. The van der Waals surface area contributed by atoms with E-state index in [0.717, 1.165) is 25.0 Å². The zero-order valence-corrected chi connectivity index (χ0v) is 11.9. The van der Waals surface area contributed by atoms with Gasteiger partial charge in [-0.15, -0.1) is 0 Å². The van der Waals surface area contributed by atoms with Crippen molar-refractivity contribution >= 4 is 17.4 Å². The number of nitrogens with zero attached hydrogens (tertiary/aromatic N) is 4. The number of unbranched alkanes of at least 4 members (excludes halogenated alkanes) is 1. The minimum absolute atomic E-state index is 0.377. The van der Waals surface area contributed by atoms with Gasteiger partial charge in [-0.2, -0.15) is 19.6 Å². The van der Waals surface area contributed by atoms with Crippen LogP contribution in [0.25, 0.3) is 5.78 Å². The zero-order valence-electron chi connectivity index (χ0n) is 11.1. The van der Waals surface area contributed by atoms with Crippen LogP contribution < -0.4 is 4.74 Å². The maximum Gasteiger partial charge on any atom is 0.256 e. The Hall–Kier alpha value is -1.40. The highest BCUT2D eigenvalue weighted by Crippen LogP contribution is 2.23. The molecule has 0 unspecified atom stereocenters. The molecule has 0 saturated heterocycles. The smallest absolute Gasteiger partial charge is 0.256 e. The van der Waals surface area contributed by atoms with Crippen LogP contribution in [0.4, 0.5) is 0 Å². The summed E-state index contributed by atoms with van der Waals surface area (Å²) in [4.78, 5) is 8.10. The average molecular weight is 285 g/mol. The fourth-order valence-electron chi connectivity index (χ4n) is 1.59. The van der Waals surface area contributed by atoms with E-state index >= 15 is 0 Å². The molecule has 0 atom stereocenters. The van der Waals surface area contributed by atoms with Gasteiger partial charge in [-0.05, 0) is 13.3 Å². The van der Waals surface area contributed by atoms with E-state index in [1.807, 2.05) is 6.92 Å². The highest BCUT2D eigenvalue weighted by molar-refractivity contribution is 6.30. The Morgan fingerprint density at radius 1 is 1.32 bits per heavy atom. The number of rotatable bonds is 7. The van der Waals surface area contributed by atoms with Gasteiger partial charge in [0.2, 0.25) is 5.88 Å². The van der Waals surface area contributed by atoms with Crippen molar-refractivity contribution in [2.24, 2.45) is 0 Å². The van der Waals surface area contributed by atoms with Gasteiger partial charge in [0, 0.05) is 12.2 Å². The van der Waals surface area contributed by atoms with E-state index < -0.39 is 0 Å². The largest absolute Gasteiger partial charge is 0.475 e. The number of hydrogen-bond acceptors (Lipinski definition) is 5. The van der Waals surface area contributed by atoms with E-state index in [1.165, 1.54) is 10.8 Å². The number of ether oxygens (including phenoxy) is 2. The third-order valence-electron chi connectivity index (χ3n) is 2.66. The first-order valence-electron chi connectivity index (χ1n) is 6.30. The summed E-state index contributed by atoms with van der Waals surface area (Å²) in [5.41, 5.74) is 0.744. The van der Waals surface area contributed by atoms with E-state index in [2.05, 4.69) is 22.0 Å². The zero-order chi connectivity index (χ0) is 13.7. The first-order valence-corrected chi connectivity index (χ1v) is 6.68. The Labute approximate surface area is 116 Å². The molecule has 0 bridgehead atoms. The van der Waals surface area contributed by atoms with E-state index in [4.69, 9.17) is 21.1 Å². The molecule has 0 aliphatic rings. The molecule has 6 nitrogen and oxygen atoms in total. The van der Waals surface area contributed by atoms with Gasteiger partial charge in [0.25, 0.3) is 5.78 Å². The number of halogens is 1. The minimum Gasteiger partial charge on any atom is -0.475 e. The quantitative estimate of drug-likeness (QED) is 0.577. The molecule has 0 spiro atoms. The predicted molar refractivity (Wildman–Crippen MR) is 71.8 cm³/mol. The molecule has 0 N–H and O–H groups in total. The monoisotopic (exact) mass is 284 g/mol. The van der Waals surface area contributed by atoms with Gasteiger partial charge in [-0.3, -0.25) is 0 Å². The molecule has 0 radical (unpaired) electrons. The van der Waals surface area contributed by atoms with Crippen molar-refractivity contribution in [1.82, 2.24) is 19.6 Å². The summed E-state index contributed by atoms with van der Waals surface area (Å²) in [6.07, 6.45) is 3.61. The lowest BCUT2D eigenvalue weighted by Crippen LogP contribution is -2.11. The van der Waals surface area contributed by atoms with Crippen molar-refractivity contribution in [1.29, 1.82) is 0 Å². The third kappa shape index (κ3) is 3.33. The second kappa shape index (κ2) is 6.68. The van der Waals surface area contributed by atoms with Gasteiger partial charge in [0.05, 0.1) is 6.61 Å². The molecule has 2 rings (SSSR count). The van der Waals surface area contributed by atoms with Gasteiger partial charge < -0.3 is 9.47 Å². The van der Waals surface area contributed by atoms with Crippen molar-refractivity contribution in [3.05, 3.63) is 17.0 Å². The van der Waals surface area contributed by atoms with Crippen molar-refractivity contribution in [3.8, 4) is 5.88 Å². The topological polar surface area (TPSA) is 61.5 Å². The highest BCUT2D eigenvalue weighted by Gasteiger charge is 2.13. The van der Waals surface area contributed by atoms with Crippen LogP contribution in [-0.2, 0) is 4.74 Å². The van der Waals surface area contributed by atoms with Crippen LogP contribution >= 0.6 is 11.6 Å². The molecule has 0 aromatic carbocycles. The third-order valence-corrected chi connectivity index (χ3v) is 3.03. The summed E-state index contributed by atoms with van der Waals surface area (Å²) < 4.78 is 12.7. The molecule has 2 aromatic rings. The maximum absolute atomic E-state index is 6.03. The first-order chi connectivity index (χ1) is 9.24. The lowest BCUT2D eigenvalue weighted by atomic mass is 10.4. The number of fused-ring (bicyclic) bond motifs is 1. The molecule has 2 heterocycles. The average Bonchev–Trinajstić information content (AvgIpc) is 2.85. The molecule has 104 valence electrons. The lowest BCUT2D eigenvalue weighted by Gasteiger charge is -2.11. The normalized spacial score (nSPS) is 11.1. The highest BCUT2D eigenvalue weighted by atomic mass is 35.5. The molecule has 0 aliphatic carbocycles. The van der Waals surface area contributed by atoms with Crippen molar-refractivity contribution in [2.45, 2.75) is 26.7 Å². The van der Waals surface area contributed by atoms with Crippen LogP contribution in [0.3, 0.4) is 0 Å². The molecular formula is C12H17ClN4O2. The van der Waals surface area contributed by atoms with Crippen molar-refractivity contribution < 1.29 is 9.47 Å². The molecule has 7 heteroatoms. The van der Waals surface area contributed by atoms with Gasteiger partial charge in [0.15, 0.2) is 0 Å². The van der Waals surface area contributed by atoms with Gasteiger partial charge >= 0.3 is 0 Å². The summed E-state index contributed by atoms with van der Waals surface area (Å²) in [6.45, 7) is 5.71. The van der Waals surface area contributed by atoms with Crippen molar-refractivity contribution in [2.75, 3.05) is 19.8 Å². The Balaban J connectivity index is 1.99. The van der Waals surface area contributed by atoms with E-state index in [1.54, 1.807) is 0 Å². The summed E-state index contributed by atoms with van der Waals surface area (Å²) in [6, 6.07) is 0. The van der Waals surface area contributed by atoms with Gasteiger partial charge in [0.1, 0.15) is 18.1 Å². The Morgan fingerprint density at radius 3 is 2.95 bits per heavy atom. The SMILES string of the molecule is CCCCOCCOc1c(C)c(Cl)nc2ncnn12. The van der Waals surface area contributed by atoms with Gasteiger partial charge in [-0.25, -0.2) is 0 Å². The summed E-state index contributed by atoms with van der Waals surface area (Å²) >= 11 is 6.03. The van der Waals surface area contributed by atoms with Crippen LogP contribution in [0.2, 0.25) is 5.15 Å². The van der Waals surface area contributed by atoms with E-state index in [9.17, 15) is 0 Å². The van der Waals surface area contributed by atoms with E-state index in [0.29, 0.717) is 30.0 Å².